The van der Waals surface area contributed by atoms with E-state index in [4.69, 9.17) is 10.5 Å². The maximum absolute atomic E-state index is 13.8. The van der Waals surface area contributed by atoms with Gasteiger partial charge in [-0.2, -0.15) is 0 Å². The van der Waals surface area contributed by atoms with Crippen molar-refractivity contribution in [1.82, 2.24) is 0 Å². The number of carbonyl (C=O) groups is 3. The van der Waals surface area contributed by atoms with Crippen LogP contribution in [-0.4, -0.2) is 55.7 Å². The molecule has 2 unspecified atom stereocenters. The molecular weight excluding hydrogens is 466 g/mol. The Bertz CT molecular complexity index is 1330. The topological polar surface area (TPSA) is 167 Å². The molecule has 1 amide bonds. The molecule has 186 valence electrons. The average molecular weight is 491 g/mol. The third-order valence-electron chi connectivity index (χ3n) is 7.55. The van der Waals surface area contributed by atoms with Crippen molar-refractivity contribution in [2.24, 2.45) is 23.5 Å². The second-order valence-electron chi connectivity index (χ2n) is 9.48. The van der Waals surface area contributed by atoms with Crippen molar-refractivity contribution < 1.29 is 39.5 Å². The fourth-order valence-corrected chi connectivity index (χ4v) is 5.84. The van der Waals surface area contributed by atoms with Crippen LogP contribution in [0.25, 0.3) is 11.3 Å². The highest BCUT2D eigenvalue weighted by Crippen LogP contribution is 2.55. The number of amides is 1. The minimum atomic E-state index is -2.79. The molecule has 3 aliphatic carbocycles. The Hall–Kier alpha value is -3.79. The number of nitrogens with two attached hydrogens (primary N) is 1. The zero-order valence-electron chi connectivity index (χ0n) is 19.1. The summed E-state index contributed by atoms with van der Waals surface area (Å²) in [7, 11) is 0. The molecule has 6 N–H and O–H groups in total. The number of hydrogen-bond acceptors (Lipinski definition) is 8. The second-order valence-corrected chi connectivity index (χ2v) is 9.48. The van der Waals surface area contributed by atoms with Crippen molar-refractivity contribution in [2.45, 2.75) is 30.8 Å². The highest BCUT2D eigenvalue weighted by molar-refractivity contribution is 6.26. The maximum atomic E-state index is 13.8. The molecule has 0 spiro atoms. The number of primary amides is 1. The number of phenolic OH excluding ortho intramolecular Hbond substituents is 1. The molecule has 0 bridgehead atoms. The van der Waals surface area contributed by atoms with Gasteiger partial charge in [0.05, 0.1) is 30.0 Å². The number of aliphatic hydroxyl groups excluding tert-OH is 2. The van der Waals surface area contributed by atoms with Crippen molar-refractivity contribution in [3.05, 3.63) is 77.4 Å². The summed E-state index contributed by atoms with van der Waals surface area (Å²) < 4.78 is 6.22. The SMILES string of the molecule is C=C1c2cccc(O)c2C(O)=C2C(=O)[C@]3(O)C(=O)C(C(N)=O)C(O)C[C@@H]3[C@@H](OCc3ccccc3)[C@H]12. The number of rotatable bonds is 4. The van der Waals surface area contributed by atoms with Gasteiger partial charge in [0.15, 0.2) is 11.4 Å². The Morgan fingerprint density at radius 2 is 1.81 bits per heavy atom. The van der Waals surface area contributed by atoms with Crippen LogP contribution in [-0.2, 0) is 25.7 Å². The lowest BCUT2D eigenvalue weighted by Gasteiger charge is -2.52. The van der Waals surface area contributed by atoms with Crippen molar-refractivity contribution >= 4 is 28.8 Å². The molecule has 6 atom stereocenters. The molecule has 0 aromatic heterocycles. The molecular formula is C27H25NO8. The molecule has 0 heterocycles. The largest absolute Gasteiger partial charge is 0.507 e. The van der Waals surface area contributed by atoms with E-state index in [-0.39, 0.29) is 29.9 Å². The van der Waals surface area contributed by atoms with E-state index in [1.165, 1.54) is 6.07 Å². The molecule has 36 heavy (non-hydrogen) atoms. The summed E-state index contributed by atoms with van der Waals surface area (Å²) in [6.45, 7) is 4.13. The quantitative estimate of drug-likeness (QED) is 0.398. The summed E-state index contributed by atoms with van der Waals surface area (Å²) in [5, 5.41) is 43.9. The number of carbonyl (C=O) groups excluding carboxylic acids is 3. The van der Waals surface area contributed by atoms with Crippen molar-refractivity contribution in [2.75, 3.05) is 0 Å². The third kappa shape index (κ3) is 3.24. The van der Waals surface area contributed by atoms with Crippen LogP contribution < -0.4 is 5.73 Å². The van der Waals surface area contributed by atoms with E-state index in [2.05, 4.69) is 6.58 Å². The number of phenols is 1. The summed E-state index contributed by atoms with van der Waals surface area (Å²) in [6.07, 6.45) is -2.96. The van der Waals surface area contributed by atoms with Crippen LogP contribution in [0.4, 0.5) is 0 Å². The molecule has 0 radical (unpaired) electrons. The molecule has 2 fully saturated rings. The van der Waals surface area contributed by atoms with Crippen LogP contribution >= 0.6 is 0 Å². The van der Waals surface area contributed by atoms with E-state index < -0.39 is 58.8 Å². The number of Topliss-reactive ketones (excluding diaryl/α,β-unsaturated/α-hetero) is 2. The van der Waals surface area contributed by atoms with E-state index >= 15 is 0 Å². The van der Waals surface area contributed by atoms with Gasteiger partial charge in [-0.1, -0.05) is 49.0 Å². The van der Waals surface area contributed by atoms with Gasteiger partial charge in [0.2, 0.25) is 11.7 Å². The Morgan fingerprint density at radius 3 is 2.47 bits per heavy atom. The molecule has 3 aliphatic rings. The predicted octanol–water partition coefficient (Wildman–Crippen LogP) is 1.25. The van der Waals surface area contributed by atoms with E-state index in [1.807, 2.05) is 6.07 Å². The first kappa shape index (κ1) is 23.9. The predicted molar refractivity (Wildman–Crippen MR) is 127 cm³/mol. The van der Waals surface area contributed by atoms with Crippen LogP contribution in [0.3, 0.4) is 0 Å². The maximum Gasteiger partial charge on any atom is 0.230 e. The second kappa shape index (κ2) is 8.41. The molecule has 0 saturated heterocycles. The number of fused-ring (bicyclic) bond motifs is 3. The van der Waals surface area contributed by atoms with Crippen LogP contribution in [0.1, 0.15) is 23.1 Å². The van der Waals surface area contributed by atoms with Crippen LogP contribution in [0.2, 0.25) is 0 Å². The van der Waals surface area contributed by atoms with Gasteiger partial charge in [0.1, 0.15) is 17.4 Å². The first-order valence-electron chi connectivity index (χ1n) is 11.5. The first-order valence-corrected chi connectivity index (χ1v) is 11.5. The summed E-state index contributed by atoms with van der Waals surface area (Å²) in [5.41, 5.74) is 3.62. The average Bonchev–Trinajstić information content (AvgIpc) is 2.84. The highest BCUT2D eigenvalue weighted by Gasteiger charge is 2.67. The van der Waals surface area contributed by atoms with Gasteiger partial charge in [-0.25, -0.2) is 0 Å². The number of benzene rings is 2. The molecule has 9 nitrogen and oxygen atoms in total. The Kier molecular flexibility index (Phi) is 5.59. The van der Waals surface area contributed by atoms with E-state index in [9.17, 15) is 34.8 Å². The summed E-state index contributed by atoms with van der Waals surface area (Å²) in [6, 6.07) is 13.6. The summed E-state index contributed by atoms with van der Waals surface area (Å²) >= 11 is 0. The van der Waals surface area contributed by atoms with Gasteiger partial charge in [-0.3, -0.25) is 14.4 Å². The molecule has 0 aliphatic heterocycles. The number of ketones is 2. The first-order chi connectivity index (χ1) is 17.1. The van der Waals surface area contributed by atoms with Gasteiger partial charge in [0.25, 0.3) is 0 Å². The van der Waals surface area contributed by atoms with E-state index in [0.717, 1.165) is 5.56 Å². The Morgan fingerprint density at radius 1 is 1.11 bits per heavy atom. The zero-order valence-corrected chi connectivity index (χ0v) is 19.1. The molecule has 9 heteroatoms. The number of aliphatic hydroxyl groups is 3. The third-order valence-corrected chi connectivity index (χ3v) is 7.55. The standard InChI is InChI=1S/C27H25NO8/c1-12-14-8-5-9-16(29)19(14)22(31)21-18(12)23(36-11-13-6-3-2-4-7-13)15-10-17(30)20(26(28)34)24(32)27(15,35)25(21)33/h2-9,15,17-18,20,23,29-31,35H,1,10-11H2,(H2,28,34)/t15-,17?,18-,20?,23-,27-/m1/s1. The molecule has 5 rings (SSSR count). The number of hydrogen-bond donors (Lipinski definition) is 5. The van der Waals surface area contributed by atoms with Crippen molar-refractivity contribution in [1.29, 1.82) is 0 Å². The zero-order chi connectivity index (χ0) is 25.9. The Balaban J connectivity index is 1.70. The number of ether oxygens (including phenoxy) is 1. The van der Waals surface area contributed by atoms with Gasteiger partial charge < -0.3 is 30.9 Å². The lowest BCUT2D eigenvalue weighted by Crippen LogP contribution is -2.70. The van der Waals surface area contributed by atoms with Gasteiger partial charge in [-0.05, 0) is 29.2 Å². The monoisotopic (exact) mass is 491 g/mol. The molecule has 2 aromatic rings. The fourth-order valence-electron chi connectivity index (χ4n) is 5.84. The van der Waals surface area contributed by atoms with Crippen LogP contribution in [0.5, 0.6) is 5.75 Å². The van der Waals surface area contributed by atoms with Crippen LogP contribution in [0.15, 0.2) is 60.7 Å². The number of aromatic hydroxyl groups is 1. The minimum Gasteiger partial charge on any atom is -0.507 e. The minimum absolute atomic E-state index is 0.0283. The van der Waals surface area contributed by atoms with E-state index in [1.54, 1.807) is 36.4 Å². The van der Waals surface area contributed by atoms with Crippen molar-refractivity contribution in [3.63, 3.8) is 0 Å². The Labute approximate surface area is 206 Å². The smallest absolute Gasteiger partial charge is 0.230 e. The molecule has 2 aromatic carbocycles. The normalized spacial score (nSPS) is 31.5. The molecule has 2 saturated carbocycles. The van der Waals surface area contributed by atoms with Gasteiger partial charge in [-0.15, -0.1) is 0 Å². The summed E-state index contributed by atoms with van der Waals surface area (Å²) in [5.74, 6) is -8.55. The lowest BCUT2D eigenvalue weighted by molar-refractivity contribution is -0.189. The summed E-state index contributed by atoms with van der Waals surface area (Å²) in [4.78, 5) is 39.2. The van der Waals surface area contributed by atoms with E-state index in [0.29, 0.717) is 11.1 Å². The van der Waals surface area contributed by atoms with Gasteiger partial charge in [0, 0.05) is 11.8 Å². The van der Waals surface area contributed by atoms with Gasteiger partial charge >= 0.3 is 0 Å². The lowest BCUT2D eigenvalue weighted by atomic mass is 9.54. The van der Waals surface area contributed by atoms with Crippen molar-refractivity contribution in [3.8, 4) is 5.75 Å². The highest BCUT2D eigenvalue weighted by atomic mass is 16.5. The fraction of sp³-hybridized carbons (Fsp3) is 0.296. The van der Waals surface area contributed by atoms with Crippen LogP contribution in [0, 0.1) is 17.8 Å².